The molecule has 2 aromatic carbocycles. The van der Waals surface area contributed by atoms with E-state index in [1.54, 1.807) is 47.5 Å². The van der Waals surface area contributed by atoms with Crippen LogP contribution in [0, 0.1) is 17.3 Å². The van der Waals surface area contributed by atoms with Gasteiger partial charge in [-0.05, 0) is 87.3 Å². The Bertz CT molecular complexity index is 2420. The largest absolute Gasteiger partial charge is 0.573 e. The molecule has 354 valence electrons. The van der Waals surface area contributed by atoms with E-state index >= 15 is 0 Å². The molecule has 7 rings (SSSR count). The number of anilines is 2. The maximum absolute atomic E-state index is 14.2. The minimum Gasteiger partial charge on any atom is -0.465 e. The minimum absolute atomic E-state index is 0.0119. The average molecular weight is 937 g/mol. The molecule has 0 radical (unpaired) electrons. The molecule has 3 saturated heterocycles. The number of carboxylic acid groups (broad SMARTS) is 1. The summed E-state index contributed by atoms with van der Waals surface area (Å²) in [5.41, 5.74) is 1.07. The van der Waals surface area contributed by atoms with Crippen molar-refractivity contribution in [2.45, 2.75) is 104 Å². The first-order chi connectivity index (χ1) is 31.0. The molecule has 3 aliphatic rings. The number of halogens is 4. The van der Waals surface area contributed by atoms with Gasteiger partial charge in [0, 0.05) is 43.2 Å². The maximum atomic E-state index is 14.2. The molecule has 2 aromatic heterocycles. The zero-order chi connectivity index (χ0) is 47.8. The van der Waals surface area contributed by atoms with E-state index in [0.717, 1.165) is 6.07 Å². The van der Waals surface area contributed by atoms with Gasteiger partial charge in [0.2, 0.25) is 11.8 Å². The highest BCUT2D eigenvalue weighted by atomic mass is 35.5. The number of nitrogens with one attached hydrogen (secondary N) is 3. The van der Waals surface area contributed by atoms with Crippen LogP contribution in [-0.2, 0) is 14.3 Å². The quantitative estimate of drug-likeness (QED) is 0.120. The van der Waals surface area contributed by atoms with E-state index in [9.17, 15) is 37.5 Å². The van der Waals surface area contributed by atoms with Crippen LogP contribution in [-0.4, -0.2) is 111 Å². The summed E-state index contributed by atoms with van der Waals surface area (Å²) in [6, 6.07) is 10.7. The molecule has 6 atom stereocenters. The number of nitrogens with zero attached hydrogens (tertiary/aromatic N) is 5. The molecule has 0 spiro atoms. The number of piperazine rings is 1. The summed E-state index contributed by atoms with van der Waals surface area (Å²) in [7, 11) is 0. The number of likely N-dealkylation sites (tertiary alicyclic amines) is 1. The van der Waals surface area contributed by atoms with Crippen LogP contribution in [0.15, 0.2) is 60.9 Å². The number of rotatable bonds is 10. The molecule has 66 heavy (non-hydrogen) atoms. The second kappa shape index (κ2) is 19.1. The number of imidazole rings is 1. The van der Waals surface area contributed by atoms with Gasteiger partial charge < -0.3 is 44.9 Å². The summed E-state index contributed by atoms with van der Waals surface area (Å²) >= 11 is 6.60. The molecule has 3 fully saturated rings. The van der Waals surface area contributed by atoms with Crippen molar-refractivity contribution >= 4 is 46.9 Å². The number of carbonyl (C=O) groups is 4. The summed E-state index contributed by atoms with van der Waals surface area (Å²) in [5.74, 6) is -0.645. The third-order valence-corrected chi connectivity index (χ3v) is 12.7. The Morgan fingerprint density at radius 1 is 0.909 bits per heavy atom. The third kappa shape index (κ3) is 11.0. The van der Waals surface area contributed by atoms with Crippen molar-refractivity contribution in [3.05, 3.63) is 77.3 Å². The van der Waals surface area contributed by atoms with Crippen LogP contribution in [0.4, 0.5) is 29.5 Å². The third-order valence-electron chi connectivity index (χ3n) is 12.4. The number of ether oxygens (including phenoxy) is 2. The minimum atomic E-state index is -5.09. The number of hydrogen-bond acceptors (Lipinski definition) is 9. The molecule has 4 aromatic rings. The number of carbonyl (C=O) groups excluding carboxylic acids is 3. The normalized spacial score (nSPS) is 23.0. The average Bonchev–Trinajstić information content (AvgIpc) is 3.89. The van der Waals surface area contributed by atoms with Crippen LogP contribution < -0.4 is 20.3 Å². The van der Waals surface area contributed by atoms with E-state index in [2.05, 4.69) is 35.2 Å². The molecule has 0 aliphatic carbocycles. The lowest BCUT2D eigenvalue weighted by atomic mass is 9.85. The number of hydrogen-bond donors (Lipinski definition) is 4. The van der Waals surface area contributed by atoms with Crippen molar-refractivity contribution in [2.75, 3.05) is 36.4 Å². The van der Waals surface area contributed by atoms with Gasteiger partial charge in [-0.1, -0.05) is 63.6 Å². The molecule has 0 bridgehead atoms. The van der Waals surface area contributed by atoms with Crippen molar-refractivity contribution in [3.63, 3.8) is 0 Å². The van der Waals surface area contributed by atoms with Crippen LogP contribution in [0.3, 0.4) is 0 Å². The van der Waals surface area contributed by atoms with Gasteiger partial charge in [-0.2, -0.15) is 0 Å². The number of alkyl halides is 3. The molecular weight excluding hydrogens is 881 g/mol. The SMILES string of the molecule is C[C@H]1C[C@@H](c2ncc(-c3ccc(-c4cc(Cl)c(C(=O)Nc5ccc(N6CCN(C(=O)C(C)(C)C)C[C@H]6C)nc5)cc4OC(F)(F)F)cc3)[nH]2)N(C(=O)[C@@H](NC(=O)O)C2C[C@H](C)O[C@@H](C)C2)C1. The van der Waals surface area contributed by atoms with E-state index in [4.69, 9.17) is 16.3 Å². The van der Waals surface area contributed by atoms with Crippen LogP contribution >= 0.6 is 11.6 Å². The van der Waals surface area contributed by atoms with Gasteiger partial charge in [0.15, 0.2) is 0 Å². The van der Waals surface area contributed by atoms with Gasteiger partial charge in [-0.15, -0.1) is 13.2 Å². The summed E-state index contributed by atoms with van der Waals surface area (Å²) < 4.78 is 51.8. The van der Waals surface area contributed by atoms with Crippen LogP contribution in [0.5, 0.6) is 5.75 Å². The van der Waals surface area contributed by atoms with Crippen molar-refractivity contribution < 1.29 is 46.9 Å². The summed E-state index contributed by atoms with van der Waals surface area (Å²) in [5, 5.41) is 14.7. The van der Waals surface area contributed by atoms with Gasteiger partial charge in [-0.3, -0.25) is 14.4 Å². The molecule has 0 saturated carbocycles. The Morgan fingerprint density at radius 3 is 2.20 bits per heavy atom. The van der Waals surface area contributed by atoms with E-state index in [1.807, 2.05) is 53.4 Å². The topological polar surface area (TPSA) is 182 Å². The molecule has 5 heterocycles. The molecule has 4 N–H and O–H groups in total. The molecule has 0 unspecified atom stereocenters. The second-order valence-electron chi connectivity index (χ2n) is 18.8. The van der Waals surface area contributed by atoms with Crippen LogP contribution in [0.25, 0.3) is 22.4 Å². The van der Waals surface area contributed by atoms with Crippen LogP contribution in [0.2, 0.25) is 5.02 Å². The highest BCUT2D eigenvalue weighted by molar-refractivity contribution is 6.35. The van der Waals surface area contributed by atoms with E-state index in [0.29, 0.717) is 73.9 Å². The Kier molecular flexibility index (Phi) is 13.9. The van der Waals surface area contributed by atoms with E-state index in [-0.39, 0.29) is 63.7 Å². The van der Waals surface area contributed by atoms with E-state index in [1.165, 1.54) is 12.3 Å². The highest BCUT2D eigenvalue weighted by Gasteiger charge is 2.43. The Labute approximate surface area is 386 Å². The number of aromatic amines is 1. The number of benzene rings is 2. The Balaban J connectivity index is 1.06. The Hall–Kier alpha value is -5.88. The zero-order valence-electron chi connectivity index (χ0n) is 37.9. The lowest BCUT2D eigenvalue weighted by molar-refractivity contribution is -0.274. The highest BCUT2D eigenvalue weighted by Crippen LogP contribution is 2.41. The smallest absolute Gasteiger partial charge is 0.465 e. The molecule has 4 amide bonds. The maximum Gasteiger partial charge on any atom is 0.573 e. The molecule has 19 heteroatoms. The van der Waals surface area contributed by atoms with E-state index < -0.39 is 41.6 Å². The van der Waals surface area contributed by atoms with Gasteiger partial charge in [-0.25, -0.2) is 14.8 Å². The number of H-pyrrole nitrogens is 1. The van der Waals surface area contributed by atoms with Crippen molar-refractivity contribution in [2.24, 2.45) is 17.3 Å². The number of amides is 4. The first-order valence-electron chi connectivity index (χ1n) is 22.1. The van der Waals surface area contributed by atoms with Crippen LogP contribution in [0.1, 0.15) is 90.0 Å². The first kappa shape index (κ1) is 48.1. The van der Waals surface area contributed by atoms with Crippen molar-refractivity contribution in [1.82, 2.24) is 30.1 Å². The van der Waals surface area contributed by atoms with Gasteiger partial charge in [0.25, 0.3) is 5.91 Å². The van der Waals surface area contributed by atoms with Gasteiger partial charge in [0.1, 0.15) is 23.4 Å². The lowest BCUT2D eigenvalue weighted by Gasteiger charge is -2.42. The number of pyridine rings is 1. The monoisotopic (exact) mass is 936 g/mol. The van der Waals surface area contributed by atoms with Crippen molar-refractivity contribution in [3.8, 4) is 28.1 Å². The fraction of sp³-hybridized carbons (Fsp3) is 0.489. The molecule has 15 nitrogen and oxygen atoms in total. The Morgan fingerprint density at radius 2 is 1.59 bits per heavy atom. The second-order valence-corrected chi connectivity index (χ2v) is 19.2. The first-order valence-corrected chi connectivity index (χ1v) is 22.5. The lowest BCUT2D eigenvalue weighted by Crippen LogP contribution is -2.56. The number of aromatic nitrogens is 3. The summed E-state index contributed by atoms with van der Waals surface area (Å²) in [4.78, 5) is 70.4. The van der Waals surface area contributed by atoms with Crippen molar-refractivity contribution in [1.29, 1.82) is 0 Å². The fourth-order valence-electron chi connectivity index (χ4n) is 9.40. The predicted molar refractivity (Wildman–Crippen MR) is 242 cm³/mol. The summed E-state index contributed by atoms with van der Waals surface area (Å²) in [6.45, 7) is 15.5. The fourth-order valence-corrected chi connectivity index (χ4v) is 9.65. The molecular formula is C47H56ClF3N8O7. The summed E-state index contributed by atoms with van der Waals surface area (Å²) in [6.07, 6.45) is -1.93. The van der Waals surface area contributed by atoms with Gasteiger partial charge in [0.05, 0.1) is 52.6 Å². The standard InChI is InChI=1S/C47H56ClF3N8O7/c1-25-16-37(59(23-25)43(61)40(56-45(63)64)31-17-27(3)65-28(4)18-31)41-53-22-36(55-41)30-10-8-29(9-11-30)33-19-35(48)34(20-38(33)66-47(49,50)51)42(60)54-32-12-13-39(52-21-32)58-15-14-57(24-26(58)2)44(62)46(5,6)7/h8-13,19-22,25-28,31,37,40,56H,14-18,23-24H2,1-7H3,(H,53,55)(H,54,60)(H,63,64)/t25-,26+,27-,28-,37-,40-/m0/s1. The molecule has 3 aliphatic heterocycles. The van der Waals surface area contributed by atoms with Gasteiger partial charge >= 0.3 is 12.5 Å². The predicted octanol–water partition coefficient (Wildman–Crippen LogP) is 8.78. The zero-order valence-corrected chi connectivity index (χ0v) is 38.7.